The van der Waals surface area contributed by atoms with Crippen molar-refractivity contribution in [3.8, 4) is 11.4 Å². The van der Waals surface area contributed by atoms with Gasteiger partial charge >= 0.3 is 11.8 Å². The zero-order valence-electron chi connectivity index (χ0n) is 16.8. The summed E-state index contributed by atoms with van der Waals surface area (Å²) < 4.78 is 46.4. The largest absolute Gasteiger partial charge is 0.334 e. The zero-order chi connectivity index (χ0) is 22.0. The number of aryl methyl sites for hydroxylation is 1. The van der Waals surface area contributed by atoms with Crippen LogP contribution in [-0.2, 0) is 16.6 Å². The quantitative estimate of drug-likeness (QED) is 0.627. The molecule has 0 aliphatic carbocycles. The van der Waals surface area contributed by atoms with Gasteiger partial charge in [0.05, 0.1) is 4.90 Å². The lowest BCUT2D eigenvalue weighted by atomic mass is 10.1. The number of hydrogen-bond donors (Lipinski definition) is 1. The number of likely N-dealkylation sites (tertiary alicyclic amines) is 1. The van der Waals surface area contributed by atoms with E-state index in [0.717, 1.165) is 12.8 Å². The van der Waals surface area contributed by atoms with Crippen molar-refractivity contribution in [2.24, 2.45) is 0 Å². The molecule has 2 aromatic carbocycles. The molecule has 3 aromatic rings. The Labute approximate surface area is 179 Å². The molecule has 1 amide bonds. The predicted molar refractivity (Wildman–Crippen MR) is 110 cm³/mol. The lowest BCUT2D eigenvalue weighted by molar-refractivity contribution is 0.0743. The van der Waals surface area contributed by atoms with Crippen molar-refractivity contribution in [2.45, 2.75) is 31.2 Å². The summed E-state index contributed by atoms with van der Waals surface area (Å²) in [6, 6.07) is 10.3. The maximum atomic E-state index is 13.0. The van der Waals surface area contributed by atoms with Crippen LogP contribution in [0.5, 0.6) is 0 Å². The number of benzene rings is 2. The van der Waals surface area contributed by atoms with Gasteiger partial charge in [-0.1, -0.05) is 29.4 Å². The highest BCUT2D eigenvalue weighted by atomic mass is 32.2. The van der Waals surface area contributed by atoms with Gasteiger partial charge in [-0.2, -0.15) is 4.98 Å². The van der Waals surface area contributed by atoms with Gasteiger partial charge < -0.3 is 9.42 Å². The second-order valence-corrected chi connectivity index (χ2v) is 9.09. The molecule has 2 heterocycles. The van der Waals surface area contributed by atoms with Gasteiger partial charge in [-0.3, -0.25) is 4.79 Å². The average molecular weight is 444 g/mol. The molecule has 10 heteroatoms. The Morgan fingerprint density at radius 2 is 1.87 bits per heavy atom. The summed E-state index contributed by atoms with van der Waals surface area (Å²) >= 11 is 0. The molecule has 4 rings (SSSR count). The van der Waals surface area contributed by atoms with Crippen LogP contribution in [0, 0.1) is 12.7 Å². The van der Waals surface area contributed by atoms with E-state index in [1.165, 1.54) is 30.3 Å². The Balaban J connectivity index is 1.55. The lowest BCUT2D eigenvalue weighted by Crippen LogP contribution is -2.27. The summed E-state index contributed by atoms with van der Waals surface area (Å²) in [4.78, 5) is 18.3. The first-order valence-electron chi connectivity index (χ1n) is 9.81. The molecule has 8 nitrogen and oxygen atoms in total. The molecule has 0 spiro atoms. The molecule has 162 valence electrons. The van der Waals surface area contributed by atoms with E-state index in [0.29, 0.717) is 29.8 Å². The molecule has 0 saturated carbocycles. The molecule has 1 aliphatic rings. The summed E-state index contributed by atoms with van der Waals surface area (Å²) in [6.07, 6.45) is 1.88. The molecule has 31 heavy (non-hydrogen) atoms. The van der Waals surface area contributed by atoms with Gasteiger partial charge in [0, 0.05) is 25.2 Å². The van der Waals surface area contributed by atoms with Crippen LogP contribution in [0.3, 0.4) is 0 Å². The van der Waals surface area contributed by atoms with E-state index in [1.54, 1.807) is 24.0 Å². The van der Waals surface area contributed by atoms with Crippen LogP contribution < -0.4 is 4.72 Å². The molecule has 1 N–H and O–H groups in total. The molecule has 0 atom stereocenters. The number of carbonyl (C=O) groups excluding carboxylic acids is 1. The Morgan fingerprint density at radius 3 is 2.58 bits per heavy atom. The number of nitrogens with one attached hydrogen (secondary N) is 1. The van der Waals surface area contributed by atoms with Crippen molar-refractivity contribution in [3.05, 3.63) is 65.3 Å². The minimum atomic E-state index is -3.86. The second-order valence-electron chi connectivity index (χ2n) is 7.35. The Morgan fingerprint density at radius 1 is 1.16 bits per heavy atom. The van der Waals surface area contributed by atoms with Crippen LogP contribution in [0.15, 0.2) is 51.9 Å². The first-order chi connectivity index (χ1) is 14.8. The topological polar surface area (TPSA) is 105 Å². The summed E-state index contributed by atoms with van der Waals surface area (Å²) in [7, 11) is -3.86. The van der Waals surface area contributed by atoms with Crippen molar-refractivity contribution in [1.29, 1.82) is 0 Å². The van der Waals surface area contributed by atoms with E-state index < -0.39 is 15.8 Å². The van der Waals surface area contributed by atoms with E-state index >= 15 is 0 Å². The van der Waals surface area contributed by atoms with E-state index in [4.69, 9.17) is 4.52 Å². The fourth-order valence-electron chi connectivity index (χ4n) is 3.37. The maximum absolute atomic E-state index is 13.0. The van der Waals surface area contributed by atoms with Gasteiger partial charge in [-0.25, -0.2) is 17.5 Å². The van der Waals surface area contributed by atoms with Crippen molar-refractivity contribution < 1.29 is 22.1 Å². The molecule has 0 radical (unpaired) electrons. The van der Waals surface area contributed by atoms with E-state index in [9.17, 15) is 17.6 Å². The Kier molecular flexibility index (Phi) is 5.84. The van der Waals surface area contributed by atoms with Gasteiger partial charge in [-0.05, 0) is 49.1 Å². The maximum Gasteiger partial charge on any atom is 0.316 e. The summed E-state index contributed by atoms with van der Waals surface area (Å²) in [5.41, 5.74) is 1.58. The highest BCUT2D eigenvalue weighted by Gasteiger charge is 2.25. The van der Waals surface area contributed by atoms with E-state index in [2.05, 4.69) is 14.9 Å². The zero-order valence-corrected chi connectivity index (χ0v) is 17.7. The fraction of sp³-hybridized carbons (Fsp3) is 0.286. The van der Waals surface area contributed by atoms with Crippen LogP contribution in [0.2, 0.25) is 0 Å². The Bertz CT molecular complexity index is 1200. The van der Waals surface area contributed by atoms with E-state index in [-0.39, 0.29) is 29.1 Å². The number of hydrogen-bond acceptors (Lipinski definition) is 6. The van der Waals surface area contributed by atoms with Crippen LogP contribution in [0.1, 0.15) is 34.7 Å². The van der Waals surface area contributed by atoms with Crippen molar-refractivity contribution in [1.82, 2.24) is 19.8 Å². The van der Waals surface area contributed by atoms with Crippen LogP contribution in [-0.4, -0.2) is 42.5 Å². The Hall–Kier alpha value is -3.11. The van der Waals surface area contributed by atoms with E-state index in [1.807, 2.05) is 0 Å². The minimum Gasteiger partial charge on any atom is -0.334 e. The smallest absolute Gasteiger partial charge is 0.316 e. The van der Waals surface area contributed by atoms with Crippen molar-refractivity contribution >= 4 is 15.9 Å². The number of rotatable bonds is 6. The number of nitrogens with zero attached hydrogens (tertiary/aromatic N) is 3. The highest BCUT2D eigenvalue weighted by molar-refractivity contribution is 7.89. The third-order valence-corrected chi connectivity index (χ3v) is 6.66. The predicted octanol–water partition coefficient (Wildman–Crippen LogP) is 2.90. The molecular weight excluding hydrogens is 423 g/mol. The summed E-state index contributed by atoms with van der Waals surface area (Å²) in [6.45, 7) is 3.00. The van der Waals surface area contributed by atoms with Crippen molar-refractivity contribution in [2.75, 3.05) is 13.1 Å². The van der Waals surface area contributed by atoms with Gasteiger partial charge in [0.1, 0.15) is 5.82 Å². The molecule has 1 aliphatic heterocycles. The number of halogens is 1. The van der Waals surface area contributed by atoms with Gasteiger partial charge in [0.25, 0.3) is 0 Å². The minimum absolute atomic E-state index is 0.0168. The molecule has 0 unspecified atom stereocenters. The van der Waals surface area contributed by atoms with Gasteiger partial charge in [0.15, 0.2) is 0 Å². The first-order valence-corrected chi connectivity index (χ1v) is 11.3. The number of sulfonamides is 1. The van der Waals surface area contributed by atoms with Crippen LogP contribution >= 0.6 is 0 Å². The third kappa shape index (κ3) is 4.64. The standard InChI is InChI=1S/C21H21FN4O4S/c1-14-4-7-16(19-24-20(30-25-19)21(27)26-10-2-3-11-26)12-18(14)31(28,29)23-13-15-5-8-17(22)9-6-15/h4-9,12,23H,2-3,10-11,13H2,1H3. The van der Waals surface area contributed by atoms with Crippen molar-refractivity contribution in [3.63, 3.8) is 0 Å². The monoisotopic (exact) mass is 444 g/mol. The molecule has 0 bridgehead atoms. The average Bonchev–Trinajstić information content (AvgIpc) is 3.46. The first kappa shape index (κ1) is 21.1. The summed E-state index contributed by atoms with van der Waals surface area (Å²) in [5.74, 6) is -0.691. The van der Waals surface area contributed by atoms with Gasteiger partial charge in [0.2, 0.25) is 15.8 Å². The number of carbonyl (C=O) groups is 1. The lowest BCUT2D eigenvalue weighted by Gasteiger charge is -2.11. The molecule has 1 saturated heterocycles. The number of aromatic nitrogens is 2. The van der Waals surface area contributed by atoms with Gasteiger partial charge in [-0.15, -0.1) is 0 Å². The molecular formula is C21H21FN4O4S. The van der Waals surface area contributed by atoms with Crippen LogP contribution in [0.4, 0.5) is 4.39 Å². The number of amides is 1. The summed E-state index contributed by atoms with van der Waals surface area (Å²) in [5, 5.41) is 3.85. The fourth-order valence-corrected chi connectivity index (χ4v) is 4.66. The molecule has 1 fully saturated rings. The van der Waals surface area contributed by atoms with Crippen LogP contribution in [0.25, 0.3) is 11.4 Å². The highest BCUT2D eigenvalue weighted by Crippen LogP contribution is 2.24. The SMILES string of the molecule is Cc1ccc(-c2noc(C(=O)N3CCCC3)n2)cc1S(=O)(=O)NCc1ccc(F)cc1. The second kappa shape index (κ2) is 8.56. The third-order valence-electron chi connectivity index (χ3n) is 5.12. The molecule has 1 aromatic heterocycles. The normalized spacial score (nSPS) is 14.2.